The van der Waals surface area contributed by atoms with Crippen LogP contribution in [0.1, 0.15) is 33.1 Å². The number of hydrogen-bond acceptors (Lipinski definition) is 3. The lowest BCUT2D eigenvalue weighted by Gasteiger charge is -2.38. The molecule has 2 N–H and O–H groups in total. The van der Waals surface area contributed by atoms with Crippen LogP contribution in [-0.4, -0.2) is 42.4 Å². The lowest BCUT2D eigenvalue weighted by Crippen LogP contribution is -2.48. The molecule has 0 saturated carbocycles. The molecule has 0 bridgehead atoms. The summed E-state index contributed by atoms with van der Waals surface area (Å²) in [5, 5.41) is 11.3. The van der Waals surface area contributed by atoms with Gasteiger partial charge in [0, 0.05) is 12.6 Å². The van der Waals surface area contributed by atoms with E-state index in [9.17, 15) is 8.78 Å². The van der Waals surface area contributed by atoms with Gasteiger partial charge in [0.05, 0.1) is 12.1 Å². The number of halogens is 2. The van der Waals surface area contributed by atoms with Crippen molar-refractivity contribution in [1.29, 1.82) is 0 Å². The van der Waals surface area contributed by atoms with Crippen LogP contribution in [-0.2, 0) is 4.74 Å². The van der Waals surface area contributed by atoms with Crippen molar-refractivity contribution in [3.05, 3.63) is 0 Å². The molecule has 96 valence electrons. The van der Waals surface area contributed by atoms with E-state index in [2.05, 4.69) is 5.32 Å². The fourth-order valence-corrected chi connectivity index (χ4v) is 1.90. The molecular formula is C11H21F2NO2. The van der Waals surface area contributed by atoms with Gasteiger partial charge in [0.2, 0.25) is 0 Å². The number of nitrogens with one attached hydrogen (secondary N) is 1. The van der Waals surface area contributed by atoms with Gasteiger partial charge in [-0.05, 0) is 26.2 Å². The van der Waals surface area contributed by atoms with Gasteiger partial charge < -0.3 is 15.2 Å². The molecule has 2 atom stereocenters. The second kappa shape index (κ2) is 5.38. The zero-order valence-electron chi connectivity index (χ0n) is 9.93. The van der Waals surface area contributed by atoms with Gasteiger partial charge in [0.1, 0.15) is 6.61 Å². The maximum atomic E-state index is 12.8. The summed E-state index contributed by atoms with van der Waals surface area (Å²) in [4.78, 5) is 0. The Labute approximate surface area is 95.2 Å². The molecule has 0 aromatic heterocycles. The molecule has 1 rings (SSSR count). The Morgan fingerprint density at radius 3 is 2.81 bits per heavy atom. The van der Waals surface area contributed by atoms with E-state index in [4.69, 9.17) is 9.84 Å². The molecule has 0 aromatic carbocycles. The third-order valence-electron chi connectivity index (χ3n) is 3.22. The lowest BCUT2D eigenvalue weighted by atomic mass is 9.90. The molecule has 0 aliphatic carbocycles. The van der Waals surface area contributed by atoms with Gasteiger partial charge in [0.15, 0.2) is 0 Å². The Morgan fingerprint density at radius 1 is 1.56 bits per heavy atom. The summed E-state index contributed by atoms with van der Waals surface area (Å²) in [6, 6.07) is 0.0520. The minimum atomic E-state index is -3.03. The van der Waals surface area contributed by atoms with E-state index in [1.165, 1.54) is 0 Å². The predicted molar refractivity (Wildman–Crippen MR) is 57.7 cm³/mol. The van der Waals surface area contributed by atoms with Crippen LogP contribution in [0.15, 0.2) is 0 Å². The van der Waals surface area contributed by atoms with Crippen molar-refractivity contribution in [3.63, 3.8) is 0 Å². The highest BCUT2D eigenvalue weighted by Crippen LogP contribution is 2.28. The first kappa shape index (κ1) is 13.8. The third-order valence-corrected chi connectivity index (χ3v) is 3.22. The fourth-order valence-electron chi connectivity index (χ4n) is 1.90. The number of alkyl halides is 2. The molecule has 0 aromatic rings. The number of hydrogen-bond donors (Lipinski definition) is 2. The summed E-state index contributed by atoms with van der Waals surface area (Å²) in [5.41, 5.74) is -0.204. The zero-order valence-corrected chi connectivity index (χ0v) is 9.93. The Hall–Kier alpha value is -0.260. The Morgan fingerprint density at radius 2 is 2.25 bits per heavy atom. The number of aliphatic hydroxyl groups excluding tert-OH is 1. The summed E-state index contributed by atoms with van der Waals surface area (Å²) in [5.74, 6) is -3.03. The smallest absolute Gasteiger partial charge is 0.282 e. The van der Waals surface area contributed by atoms with Crippen molar-refractivity contribution < 1.29 is 18.6 Å². The van der Waals surface area contributed by atoms with Crippen LogP contribution in [0.5, 0.6) is 0 Å². The summed E-state index contributed by atoms with van der Waals surface area (Å²) in [6.45, 7) is 3.07. The molecule has 1 aliphatic rings. The van der Waals surface area contributed by atoms with Crippen molar-refractivity contribution in [2.75, 3.05) is 19.8 Å². The van der Waals surface area contributed by atoms with Crippen LogP contribution in [0.3, 0.4) is 0 Å². The molecule has 2 unspecified atom stereocenters. The second-order valence-electron chi connectivity index (χ2n) is 4.74. The zero-order chi connectivity index (χ0) is 12.2. The van der Waals surface area contributed by atoms with Crippen molar-refractivity contribution in [2.24, 2.45) is 0 Å². The number of aliphatic hydroxyl groups is 1. The van der Waals surface area contributed by atoms with E-state index in [0.717, 1.165) is 19.3 Å². The van der Waals surface area contributed by atoms with E-state index >= 15 is 0 Å². The fraction of sp³-hybridized carbons (Fsp3) is 1.00. The van der Waals surface area contributed by atoms with Crippen LogP contribution in [0.4, 0.5) is 8.78 Å². The molecule has 1 heterocycles. The predicted octanol–water partition coefficient (Wildman–Crippen LogP) is 1.55. The molecule has 16 heavy (non-hydrogen) atoms. The van der Waals surface area contributed by atoms with Crippen LogP contribution in [0, 0.1) is 0 Å². The maximum Gasteiger partial charge on any atom is 0.282 e. The van der Waals surface area contributed by atoms with E-state index < -0.39 is 19.1 Å². The Kier molecular flexibility index (Phi) is 4.64. The molecular weight excluding hydrogens is 216 g/mol. The molecule has 1 aliphatic heterocycles. The molecule has 1 fully saturated rings. The molecule has 1 saturated heterocycles. The average Bonchev–Trinajstić information content (AvgIpc) is 2.27. The van der Waals surface area contributed by atoms with Crippen LogP contribution >= 0.6 is 0 Å². The van der Waals surface area contributed by atoms with Gasteiger partial charge in [-0.2, -0.15) is 0 Å². The number of ether oxygens (including phenoxy) is 1. The summed E-state index contributed by atoms with van der Waals surface area (Å²) >= 11 is 0. The molecule has 5 heteroatoms. The highest BCUT2D eigenvalue weighted by molar-refractivity contribution is 4.86. The van der Waals surface area contributed by atoms with Gasteiger partial charge >= 0.3 is 0 Å². The van der Waals surface area contributed by atoms with Crippen LogP contribution < -0.4 is 5.32 Å². The first-order valence-electron chi connectivity index (χ1n) is 5.77. The first-order chi connectivity index (χ1) is 7.41. The minimum absolute atomic E-state index is 0.0520. The van der Waals surface area contributed by atoms with Crippen LogP contribution in [0.25, 0.3) is 0 Å². The average molecular weight is 237 g/mol. The summed E-state index contributed by atoms with van der Waals surface area (Å²) in [6.07, 6.45) is 2.36. The van der Waals surface area contributed by atoms with Crippen molar-refractivity contribution in [3.8, 4) is 0 Å². The van der Waals surface area contributed by atoms with E-state index in [1.807, 2.05) is 13.8 Å². The van der Waals surface area contributed by atoms with Crippen molar-refractivity contribution >= 4 is 0 Å². The van der Waals surface area contributed by atoms with Gasteiger partial charge in [0.25, 0.3) is 5.92 Å². The Bertz CT molecular complexity index is 226. The molecule has 3 nitrogen and oxygen atoms in total. The van der Waals surface area contributed by atoms with E-state index in [1.54, 1.807) is 0 Å². The third kappa shape index (κ3) is 3.96. The topological polar surface area (TPSA) is 41.5 Å². The molecule has 0 amide bonds. The monoisotopic (exact) mass is 237 g/mol. The molecule has 0 radical (unpaired) electrons. The van der Waals surface area contributed by atoms with Crippen molar-refractivity contribution in [1.82, 2.24) is 5.32 Å². The van der Waals surface area contributed by atoms with Gasteiger partial charge in [-0.1, -0.05) is 6.92 Å². The van der Waals surface area contributed by atoms with E-state index in [-0.39, 0.29) is 11.6 Å². The molecule has 0 spiro atoms. The highest BCUT2D eigenvalue weighted by atomic mass is 19.3. The van der Waals surface area contributed by atoms with E-state index in [0.29, 0.717) is 6.61 Å². The highest BCUT2D eigenvalue weighted by Gasteiger charge is 2.34. The van der Waals surface area contributed by atoms with Gasteiger partial charge in [-0.3, -0.25) is 0 Å². The maximum absolute atomic E-state index is 12.8. The van der Waals surface area contributed by atoms with Gasteiger partial charge in [-0.25, -0.2) is 8.78 Å². The Balaban J connectivity index is 2.38. The van der Waals surface area contributed by atoms with Crippen molar-refractivity contribution in [2.45, 2.75) is 50.7 Å². The summed E-state index contributed by atoms with van der Waals surface area (Å²) in [7, 11) is 0. The first-order valence-corrected chi connectivity index (χ1v) is 5.77. The SMILES string of the molecule is CCC1(C)CC(NCC(F)(F)CO)CCO1. The van der Waals surface area contributed by atoms with Crippen LogP contribution in [0.2, 0.25) is 0 Å². The normalized spacial score (nSPS) is 31.7. The second-order valence-corrected chi connectivity index (χ2v) is 4.74. The number of rotatable bonds is 5. The standard InChI is InChI=1S/C11H21F2NO2/c1-3-10(2)6-9(4-5-16-10)14-7-11(12,13)8-15/h9,14-15H,3-8H2,1-2H3. The summed E-state index contributed by atoms with van der Waals surface area (Å²) < 4.78 is 31.3. The quantitative estimate of drug-likeness (QED) is 0.762. The lowest BCUT2D eigenvalue weighted by molar-refractivity contribution is -0.0870. The largest absolute Gasteiger partial charge is 0.390 e. The minimum Gasteiger partial charge on any atom is -0.390 e. The van der Waals surface area contributed by atoms with Gasteiger partial charge in [-0.15, -0.1) is 0 Å².